The Morgan fingerprint density at radius 1 is 1.33 bits per heavy atom. The average Bonchev–Trinajstić information content (AvgIpc) is 2.88. The second kappa shape index (κ2) is 6.83. The van der Waals surface area contributed by atoms with E-state index >= 15 is 0 Å². The normalized spacial score (nSPS) is 19.8. The molecule has 2 heterocycles. The number of hydrogen-bond donors (Lipinski definition) is 0. The predicted octanol–water partition coefficient (Wildman–Crippen LogP) is 3.81. The van der Waals surface area contributed by atoms with Gasteiger partial charge in [0.25, 0.3) is 5.91 Å². The summed E-state index contributed by atoms with van der Waals surface area (Å²) in [6.07, 6.45) is 5.68. The summed E-state index contributed by atoms with van der Waals surface area (Å²) in [4.78, 5) is 17.1. The van der Waals surface area contributed by atoms with Crippen molar-refractivity contribution in [2.45, 2.75) is 6.92 Å². The van der Waals surface area contributed by atoms with Gasteiger partial charge in [-0.1, -0.05) is 36.1 Å². The van der Waals surface area contributed by atoms with Crippen LogP contribution in [-0.4, -0.2) is 35.3 Å². The number of amides is 1. The number of methoxy groups -OCH3 is 1. The molecule has 2 aliphatic rings. The van der Waals surface area contributed by atoms with Crippen LogP contribution in [0.1, 0.15) is 12.5 Å². The summed E-state index contributed by atoms with van der Waals surface area (Å²) < 4.78 is 5.87. The Bertz CT molecular complexity index is 783. The number of ether oxygens (including phenoxy) is 1. The zero-order valence-corrected chi connectivity index (χ0v) is 15.2. The molecule has 0 aliphatic carbocycles. The molecule has 4 nitrogen and oxygen atoms in total. The minimum absolute atomic E-state index is 0.0556. The number of carbonyl (C=O) groups excluding carboxylic acids is 1. The third-order valence-electron chi connectivity index (χ3n) is 3.95. The molecule has 1 saturated heterocycles. The van der Waals surface area contributed by atoms with Gasteiger partial charge in [-0.3, -0.25) is 9.69 Å². The summed E-state index contributed by atoms with van der Waals surface area (Å²) in [6.45, 7) is 6.95. The maximum Gasteiger partial charge on any atom is 0.268 e. The van der Waals surface area contributed by atoms with Gasteiger partial charge in [-0.15, -0.1) is 6.58 Å². The number of benzene rings is 1. The molecule has 0 bridgehead atoms. The maximum atomic E-state index is 12.7. The van der Waals surface area contributed by atoms with Gasteiger partial charge in [0.05, 0.1) is 12.8 Å². The van der Waals surface area contributed by atoms with Gasteiger partial charge in [0.15, 0.2) is 0 Å². The zero-order chi connectivity index (χ0) is 17.3. The Morgan fingerprint density at radius 2 is 2.12 bits per heavy atom. The van der Waals surface area contributed by atoms with Gasteiger partial charge in [0.1, 0.15) is 15.0 Å². The first kappa shape index (κ1) is 16.8. The number of thiocarbonyl (C=S) groups is 1. The summed E-state index contributed by atoms with van der Waals surface area (Å²) >= 11 is 6.69. The minimum Gasteiger partial charge on any atom is -0.497 e. The molecule has 24 heavy (non-hydrogen) atoms. The molecule has 0 spiro atoms. The van der Waals surface area contributed by atoms with Crippen molar-refractivity contribution in [3.05, 3.63) is 53.1 Å². The molecular formula is C18H18N2O2S2. The summed E-state index contributed by atoms with van der Waals surface area (Å²) in [5, 5.41) is 0. The van der Waals surface area contributed by atoms with Crippen molar-refractivity contribution >= 4 is 46.0 Å². The van der Waals surface area contributed by atoms with Crippen molar-refractivity contribution in [1.29, 1.82) is 0 Å². The summed E-state index contributed by atoms with van der Waals surface area (Å²) in [6, 6.07) is 5.95. The van der Waals surface area contributed by atoms with E-state index in [0.29, 0.717) is 15.8 Å². The summed E-state index contributed by atoms with van der Waals surface area (Å²) in [5.41, 5.74) is 3.02. The van der Waals surface area contributed by atoms with E-state index in [2.05, 4.69) is 18.4 Å². The van der Waals surface area contributed by atoms with Gasteiger partial charge in [0, 0.05) is 24.3 Å². The van der Waals surface area contributed by atoms with Gasteiger partial charge < -0.3 is 9.64 Å². The molecule has 0 N–H and O–H groups in total. The van der Waals surface area contributed by atoms with E-state index in [0.717, 1.165) is 29.2 Å². The lowest BCUT2D eigenvalue weighted by atomic mass is 10.0. The fourth-order valence-electron chi connectivity index (χ4n) is 2.81. The van der Waals surface area contributed by atoms with Gasteiger partial charge in [-0.05, 0) is 31.2 Å². The smallest absolute Gasteiger partial charge is 0.268 e. The van der Waals surface area contributed by atoms with E-state index in [9.17, 15) is 4.79 Å². The van der Waals surface area contributed by atoms with E-state index in [1.807, 2.05) is 30.4 Å². The van der Waals surface area contributed by atoms with Crippen LogP contribution in [0.25, 0.3) is 6.08 Å². The Labute approximate surface area is 151 Å². The van der Waals surface area contributed by atoms with Crippen molar-refractivity contribution in [1.82, 2.24) is 4.90 Å². The van der Waals surface area contributed by atoms with Crippen LogP contribution in [0, 0.1) is 0 Å². The number of hydrogen-bond acceptors (Lipinski definition) is 5. The molecule has 0 atom stereocenters. The number of anilines is 1. The first-order chi connectivity index (χ1) is 11.6. The number of fused-ring (bicyclic) bond motifs is 1. The quantitative estimate of drug-likeness (QED) is 0.464. The van der Waals surface area contributed by atoms with Crippen LogP contribution in [0.2, 0.25) is 0 Å². The van der Waals surface area contributed by atoms with E-state index in [1.54, 1.807) is 18.1 Å². The highest BCUT2D eigenvalue weighted by Crippen LogP contribution is 2.40. The molecule has 1 aromatic carbocycles. The topological polar surface area (TPSA) is 32.8 Å². The average molecular weight is 358 g/mol. The number of carbonyl (C=O) groups is 1. The molecule has 124 valence electrons. The van der Waals surface area contributed by atoms with Crippen LogP contribution in [0.4, 0.5) is 5.69 Å². The van der Waals surface area contributed by atoms with Crippen molar-refractivity contribution in [2.24, 2.45) is 0 Å². The van der Waals surface area contributed by atoms with Crippen molar-refractivity contribution in [2.75, 3.05) is 25.1 Å². The monoisotopic (exact) mass is 358 g/mol. The SMILES string of the molecule is C=CCN1C(=O)/C(=C2\C=Cc3cc(OC)ccc3N2CC)SC1=S. The Hall–Kier alpha value is -2.05. The highest BCUT2D eigenvalue weighted by Gasteiger charge is 2.35. The highest BCUT2D eigenvalue weighted by molar-refractivity contribution is 8.26. The molecule has 0 unspecified atom stereocenters. The van der Waals surface area contributed by atoms with Gasteiger partial charge >= 0.3 is 0 Å². The molecule has 6 heteroatoms. The molecule has 0 aromatic heterocycles. The van der Waals surface area contributed by atoms with Gasteiger partial charge in [-0.2, -0.15) is 0 Å². The van der Waals surface area contributed by atoms with Crippen LogP contribution in [0.15, 0.2) is 47.5 Å². The van der Waals surface area contributed by atoms with Crippen molar-refractivity contribution in [3.63, 3.8) is 0 Å². The largest absolute Gasteiger partial charge is 0.497 e. The second-order valence-corrected chi connectivity index (χ2v) is 6.93. The summed E-state index contributed by atoms with van der Waals surface area (Å²) in [5.74, 6) is 0.759. The van der Waals surface area contributed by atoms with Crippen LogP contribution < -0.4 is 9.64 Å². The van der Waals surface area contributed by atoms with E-state index in [4.69, 9.17) is 17.0 Å². The van der Waals surface area contributed by atoms with Crippen LogP contribution in [-0.2, 0) is 4.79 Å². The minimum atomic E-state index is -0.0556. The molecule has 0 saturated carbocycles. The number of rotatable bonds is 4. The second-order valence-electron chi connectivity index (χ2n) is 5.29. The zero-order valence-electron chi connectivity index (χ0n) is 13.6. The Balaban J connectivity index is 2.05. The molecule has 1 aromatic rings. The van der Waals surface area contributed by atoms with Crippen molar-refractivity contribution < 1.29 is 9.53 Å². The number of thioether (sulfide) groups is 1. The lowest BCUT2D eigenvalue weighted by Crippen LogP contribution is -2.30. The predicted molar refractivity (Wildman–Crippen MR) is 104 cm³/mol. The molecule has 1 fully saturated rings. The van der Waals surface area contributed by atoms with E-state index < -0.39 is 0 Å². The molecule has 1 amide bonds. The van der Waals surface area contributed by atoms with Gasteiger partial charge in [0.2, 0.25) is 0 Å². The highest BCUT2D eigenvalue weighted by atomic mass is 32.2. The standard InChI is InChI=1S/C18H18N2O2S2/c1-4-10-20-17(21)16(24-18(20)23)15-8-6-12-11-13(22-3)7-9-14(12)19(15)5-2/h4,6-9,11H,1,5,10H2,2-3H3/b16-15-. The van der Waals surface area contributed by atoms with E-state index in [-0.39, 0.29) is 5.91 Å². The lowest BCUT2D eigenvalue weighted by molar-refractivity contribution is -0.121. The molecule has 0 radical (unpaired) electrons. The summed E-state index contributed by atoms with van der Waals surface area (Å²) in [7, 11) is 1.65. The molecular weight excluding hydrogens is 340 g/mol. The number of allylic oxidation sites excluding steroid dienone is 1. The fourth-order valence-corrected chi connectivity index (χ4v) is 4.14. The third-order valence-corrected chi connectivity index (χ3v) is 5.40. The van der Waals surface area contributed by atoms with Crippen LogP contribution in [0.3, 0.4) is 0 Å². The first-order valence-corrected chi connectivity index (χ1v) is 8.85. The maximum absolute atomic E-state index is 12.7. The Morgan fingerprint density at radius 3 is 2.79 bits per heavy atom. The van der Waals surface area contributed by atoms with E-state index in [1.165, 1.54) is 11.8 Å². The Kier molecular flexibility index (Phi) is 4.78. The van der Waals surface area contributed by atoms with Crippen LogP contribution >= 0.6 is 24.0 Å². The fraction of sp³-hybridized carbons (Fsp3) is 0.222. The number of nitrogens with zero attached hydrogens (tertiary/aromatic N) is 2. The first-order valence-electron chi connectivity index (χ1n) is 7.63. The molecule has 2 aliphatic heterocycles. The lowest BCUT2D eigenvalue weighted by Gasteiger charge is -2.30. The van der Waals surface area contributed by atoms with Crippen LogP contribution in [0.5, 0.6) is 5.75 Å². The third kappa shape index (κ3) is 2.76. The number of likely N-dealkylation sites (N-methyl/N-ethyl adjacent to an activating group) is 1. The molecule has 3 rings (SSSR count). The van der Waals surface area contributed by atoms with Crippen molar-refractivity contribution in [3.8, 4) is 5.75 Å². The van der Waals surface area contributed by atoms with Gasteiger partial charge in [-0.25, -0.2) is 0 Å².